The number of carbonyl (C=O) groups is 1. The van der Waals surface area contributed by atoms with Crippen molar-refractivity contribution in [3.05, 3.63) is 65.2 Å². The fourth-order valence-electron chi connectivity index (χ4n) is 2.53. The molecule has 26 heavy (non-hydrogen) atoms. The first-order valence-electron chi connectivity index (χ1n) is 8.50. The highest BCUT2D eigenvalue weighted by Crippen LogP contribution is 2.25. The Morgan fingerprint density at radius 3 is 2.46 bits per heavy atom. The quantitative estimate of drug-likeness (QED) is 0.452. The molecule has 0 spiro atoms. The third-order valence-corrected chi connectivity index (χ3v) is 4.89. The highest BCUT2D eigenvalue weighted by Gasteiger charge is 2.15. The van der Waals surface area contributed by atoms with Crippen molar-refractivity contribution in [2.24, 2.45) is 0 Å². The molecule has 0 saturated carbocycles. The van der Waals surface area contributed by atoms with Crippen molar-refractivity contribution < 1.29 is 9.21 Å². The highest BCUT2D eigenvalue weighted by atomic mass is 32.2. The first-order valence-corrected chi connectivity index (χ1v) is 9.48. The molecule has 0 amide bonds. The topological polar surface area (TPSA) is 56.0 Å². The van der Waals surface area contributed by atoms with E-state index in [1.165, 1.54) is 17.3 Å². The van der Waals surface area contributed by atoms with E-state index in [4.69, 9.17) is 4.42 Å². The van der Waals surface area contributed by atoms with Gasteiger partial charge in [0.05, 0.1) is 5.75 Å². The van der Waals surface area contributed by atoms with Crippen molar-refractivity contribution in [3.8, 4) is 11.5 Å². The van der Waals surface area contributed by atoms with Crippen molar-refractivity contribution in [2.75, 3.05) is 5.75 Å². The molecule has 0 N–H and O–H groups in total. The van der Waals surface area contributed by atoms with Gasteiger partial charge in [-0.2, -0.15) is 0 Å². The smallest absolute Gasteiger partial charge is 0.277 e. The zero-order chi connectivity index (χ0) is 18.7. The Kier molecular flexibility index (Phi) is 5.28. The highest BCUT2D eigenvalue weighted by molar-refractivity contribution is 7.99. The summed E-state index contributed by atoms with van der Waals surface area (Å²) in [4.78, 5) is 12.4. The lowest BCUT2D eigenvalue weighted by Gasteiger charge is -2.18. The average Bonchev–Trinajstić information content (AvgIpc) is 3.08. The molecule has 3 aromatic rings. The molecule has 2 aromatic carbocycles. The Balaban J connectivity index is 1.63. The van der Waals surface area contributed by atoms with Crippen LogP contribution >= 0.6 is 11.8 Å². The average molecular weight is 366 g/mol. The summed E-state index contributed by atoms with van der Waals surface area (Å²) in [6.07, 6.45) is 0. The third-order valence-electron chi connectivity index (χ3n) is 4.07. The van der Waals surface area contributed by atoms with Gasteiger partial charge >= 0.3 is 0 Å². The number of hydrogen-bond donors (Lipinski definition) is 0. The van der Waals surface area contributed by atoms with Crippen molar-refractivity contribution in [3.63, 3.8) is 0 Å². The fourth-order valence-corrected chi connectivity index (χ4v) is 3.19. The van der Waals surface area contributed by atoms with E-state index in [1.54, 1.807) is 0 Å². The largest absolute Gasteiger partial charge is 0.411 e. The number of Topliss-reactive ketones (excluding diaryl/α,β-unsaturated/α-hetero) is 1. The van der Waals surface area contributed by atoms with Gasteiger partial charge in [0.1, 0.15) is 0 Å². The normalized spacial score (nSPS) is 11.5. The lowest BCUT2D eigenvalue weighted by Crippen LogP contribution is -2.11. The van der Waals surface area contributed by atoms with E-state index in [2.05, 4.69) is 31.0 Å². The molecule has 3 rings (SSSR count). The Morgan fingerprint density at radius 1 is 1.08 bits per heavy atom. The number of nitrogens with zero attached hydrogens (tertiary/aromatic N) is 2. The van der Waals surface area contributed by atoms with Gasteiger partial charge in [-0.25, -0.2) is 0 Å². The summed E-state index contributed by atoms with van der Waals surface area (Å²) in [5.41, 5.74) is 3.99. The van der Waals surface area contributed by atoms with Gasteiger partial charge in [-0.1, -0.05) is 74.5 Å². The molecule has 0 aliphatic heterocycles. The maximum atomic E-state index is 12.4. The molecular weight excluding hydrogens is 344 g/mol. The van der Waals surface area contributed by atoms with Gasteiger partial charge < -0.3 is 4.42 Å². The number of rotatable bonds is 5. The predicted octanol–water partition coefficient (Wildman–Crippen LogP) is 5.32. The number of thioether (sulfide) groups is 1. The summed E-state index contributed by atoms with van der Waals surface area (Å²) >= 11 is 1.26. The zero-order valence-corrected chi connectivity index (χ0v) is 16.3. The third kappa shape index (κ3) is 4.41. The molecule has 0 saturated heterocycles. The molecule has 0 aliphatic carbocycles. The summed E-state index contributed by atoms with van der Waals surface area (Å²) in [7, 11) is 0. The summed E-state index contributed by atoms with van der Waals surface area (Å²) in [6.45, 7) is 8.47. The van der Waals surface area contributed by atoms with E-state index in [-0.39, 0.29) is 17.0 Å². The van der Waals surface area contributed by atoms with Crippen LogP contribution in [0.2, 0.25) is 0 Å². The second-order valence-corrected chi connectivity index (χ2v) is 8.21. The van der Waals surface area contributed by atoms with E-state index in [0.717, 1.165) is 11.1 Å². The SMILES string of the molecule is Cc1cccc(-c2nnc(SCC(=O)c3ccc(C(C)(C)C)cc3)o2)c1. The molecule has 4 nitrogen and oxygen atoms in total. The summed E-state index contributed by atoms with van der Waals surface area (Å²) in [6, 6.07) is 15.7. The van der Waals surface area contributed by atoms with Crippen LogP contribution < -0.4 is 0 Å². The molecule has 134 valence electrons. The van der Waals surface area contributed by atoms with E-state index < -0.39 is 0 Å². The van der Waals surface area contributed by atoms with Crippen molar-refractivity contribution in [1.29, 1.82) is 0 Å². The first kappa shape index (κ1) is 18.4. The molecule has 0 fully saturated rings. The monoisotopic (exact) mass is 366 g/mol. The standard InChI is InChI=1S/C21H22N2O2S/c1-14-6-5-7-16(12-14)19-22-23-20(25-19)26-13-18(24)15-8-10-17(11-9-15)21(2,3)4/h5-12H,13H2,1-4H3. The minimum absolute atomic E-state index is 0.0470. The molecule has 1 aromatic heterocycles. The van der Waals surface area contributed by atoms with Crippen LogP contribution in [0.15, 0.2) is 58.2 Å². The number of aryl methyl sites for hydroxylation is 1. The molecule has 5 heteroatoms. The van der Waals surface area contributed by atoms with Gasteiger partial charge in [0.25, 0.3) is 5.22 Å². The van der Waals surface area contributed by atoms with Gasteiger partial charge in [0.2, 0.25) is 5.89 Å². The minimum Gasteiger partial charge on any atom is -0.411 e. The molecule has 0 radical (unpaired) electrons. The van der Waals surface area contributed by atoms with Crippen molar-refractivity contribution in [2.45, 2.75) is 38.3 Å². The maximum Gasteiger partial charge on any atom is 0.277 e. The summed E-state index contributed by atoms with van der Waals surface area (Å²) in [5.74, 6) is 0.786. The first-order chi connectivity index (χ1) is 12.3. The van der Waals surface area contributed by atoms with Crippen molar-refractivity contribution in [1.82, 2.24) is 10.2 Å². The van der Waals surface area contributed by atoms with Crippen LogP contribution in [0.5, 0.6) is 0 Å². The molecule has 0 unspecified atom stereocenters. The van der Waals surface area contributed by atoms with E-state index in [1.807, 2.05) is 55.5 Å². The van der Waals surface area contributed by atoms with Crippen LogP contribution in [0.25, 0.3) is 11.5 Å². The van der Waals surface area contributed by atoms with Crippen LogP contribution in [0.3, 0.4) is 0 Å². The molecule has 0 bridgehead atoms. The minimum atomic E-state index is 0.0470. The second kappa shape index (κ2) is 7.46. The van der Waals surface area contributed by atoms with Crippen molar-refractivity contribution >= 4 is 17.5 Å². The fraction of sp³-hybridized carbons (Fsp3) is 0.286. The van der Waals surface area contributed by atoms with Gasteiger partial charge in [-0.3, -0.25) is 4.79 Å². The Bertz CT molecular complexity index is 908. The molecule has 0 aliphatic rings. The van der Waals surface area contributed by atoms with Crippen LogP contribution in [0, 0.1) is 6.92 Å². The van der Waals surface area contributed by atoms with Crippen LogP contribution in [0.1, 0.15) is 42.3 Å². The van der Waals surface area contributed by atoms with E-state index >= 15 is 0 Å². The van der Waals surface area contributed by atoms with E-state index in [9.17, 15) is 4.79 Å². The Hall–Kier alpha value is -2.40. The zero-order valence-electron chi connectivity index (χ0n) is 15.4. The summed E-state index contributed by atoms with van der Waals surface area (Å²) in [5, 5.41) is 8.50. The number of hydrogen-bond acceptors (Lipinski definition) is 5. The predicted molar refractivity (Wildman–Crippen MR) is 105 cm³/mol. The van der Waals surface area contributed by atoms with E-state index in [0.29, 0.717) is 16.7 Å². The number of aromatic nitrogens is 2. The second-order valence-electron chi connectivity index (χ2n) is 7.28. The number of benzene rings is 2. The van der Waals surface area contributed by atoms with Crippen LogP contribution in [-0.4, -0.2) is 21.7 Å². The summed E-state index contributed by atoms with van der Waals surface area (Å²) < 4.78 is 5.66. The van der Waals surface area contributed by atoms with Gasteiger partial charge in [0, 0.05) is 11.1 Å². The van der Waals surface area contributed by atoms with Crippen LogP contribution in [0.4, 0.5) is 0 Å². The molecule has 0 atom stereocenters. The maximum absolute atomic E-state index is 12.4. The van der Waals surface area contributed by atoms with Gasteiger partial charge in [-0.05, 0) is 30.0 Å². The molecular formula is C21H22N2O2S. The van der Waals surface area contributed by atoms with Crippen LogP contribution in [-0.2, 0) is 5.41 Å². The number of ketones is 1. The van der Waals surface area contributed by atoms with Gasteiger partial charge in [-0.15, -0.1) is 10.2 Å². The lowest BCUT2D eigenvalue weighted by atomic mass is 9.86. The number of carbonyl (C=O) groups excluding carboxylic acids is 1. The Labute approximate surface area is 158 Å². The Morgan fingerprint density at radius 2 is 1.81 bits per heavy atom. The van der Waals surface area contributed by atoms with Gasteiger partial charge in [0.15, 0.2) is 5.78 Å². The molecule has 1 heterocycles. The lowest BCUT2D eigenvalue weighted by molar-refractivity contribution is 0.102.